The fourth-order valence-electron chi connectivity index (χ4n) is 3.62. The van der Waals surface area contributed by atoms with Crippen molar-refractivity contribution in [3.8, 4) is 11.3 Å². The number of phosphoric ester groups is 1. The Labute approximate surface area is 187 Å². The fourth-order valence-corrected chi connectivity index (χ4v) is 3.96. The second-order valence-electron chi connectivity index (χ2n) is 7.43. The molecule has 2 aromatic heterocycles. The Morgan fingerprint density at radius 2 is 2.03 bits per heavy atom. The molecule has 4 atom stereocenters. The lowest BCUT2D eigenvalue weighted by Crippen LogP contribution is -2.33. The molecule has 0 radical (unpaired) electrons. The Kier molecular flexibility index (Phi) is 6.54. The van der Waals surface area contributed by atoms with Gasteiger partial charge in [-0.1, -0.05) is 18.2 Å². The molecule has 13 nitrogen and oxygen atoms in total. The summed E-state index contributed by atoms with van der Waals surface area (Å²) in [4.78, 5) is 42.4. The average molecular weight is 479 g/mol. The van der Waals surface area contributed by atoms with Crippen molar-refractivity contribution in [1.82, 2.24) is 24.8 Å². The normalized spacial score (nSPS) is 23.2. The van der Waals surface area contributed by atoms with Gasteiger partial charge in [-0.3, -0.25) is 13.9 Å². The summed E-state index contributed by atoms with van der Waals surface area (Å²) in [5.74, 6) is -0.132. The van der Waals surface area contributed by atoms with Gasteiger partial charge in [0.1, 0.15) is 35.8 Å². The van der Waals surface area contributed by atoms with E-state index in [2.05, 4.69) is 24.8 Å². The van der Waals surface area contributed by atoms with E-state index < -0.39 is 39.0 Å². The number of amides is 1. The molecule has 0 saturated carbocycles. The average Bonchev–Trinajstić information content (AvgIpc) is 3.33. The second kappa shape index (κ2) is 9.23. The number of fused-ring (bicyclic) bond motifs is 1. The molecule has 14 heteroatoms. The lowest BCUT2D eigenvalue weighted by molar-refractivity contribution is -0.119. The van der Waals surface area contributed by atoms with Gasteiger partial charge in [0.2, 0.25) is 5.91 Å². The van der Waals surface area contributed by atoms with Crippen molar-refractivity contribution < 1.29 is 38.6 Å². The van der Waals surface area contributed by atoms with Gasteiger partial charge in [-0.05, 0) is 11.6 Å². The summed E-state index contributed by atoms with van der Waals surface area (Å²) in [7, 11) is -3.22. The predicted molar refractivity (Wildman–Crippen MR) is 112 cm³/mol. The number of imidazole rings is 1. The maximum absolute atomic E-state index is 11.7. The van der Waals surface area contributed by atoms with Gasteiger partial charge >= 0.3 is 7.82 Å². The maximum atomic E-state index is 11.7. The molecule has 0 unspecified atom stereocenters. The Morgan fingerprint density at radius 3 is 2.76 bits per heavy atom. The summed E-state index contributed by atoms with van der Waals surface area (Å²) < 4.78 is 22.4. The largest absolute Gasteiger partial charge is 0.469 e. The molecule has 0 spiro atoms. The van der Waals surface area contributed by atoms with Crippen LogP contribution in [0.1, 0.15) is 11.8 Å². The molecule has 3 aromatic rings. The molecule has 1 aromatic carbocycles. The number of phosphoric acid groups is 1. The van der Waals surface area contributed by atoms with E-state index in [-0.39, 0.29) is 12.3 Å². The Bertz CT molecular complexity index is 1210. The summed E-state index contributed by atoms with van der Waals surface area (Å²) in [5.41, 5.74) is 2.68. The van der Waals surface area contributed by atoms with Crippen molar-refractivity contribution >= 4 is 24.9 Å². The number of rotatable bonds is 7. The van der Waals surface area contributed by atoms with Crippen LogP contribution in [-0.4, -0.2) is 77.4 Å². The minimum Gasteiger partial charge on any atom is -0.387 e. The molecule has 0 bridgehead atoms. The lowest BCUT2D eigenvalue weighted by Gasteiger charge is -2.16. The van der Waals surface area contributed by atoms with E-state index in [1.165, 1.54) is 17.2 Å². The SMILES string of the molecule is CNC(=O)Cc1cccc(-c2ncnc3c2ncn3[C@@H]2O[C@H](COP(=O)(O)O)[C@@H](O)[C@H]2O)c1. The van der Waals surface area contributed by atoms with E-state index in [1.54, 1.807) is 13.1 Å². The first-order valence-corrected chi connectivity index (χ1v) is 11.4. The van der Waals surface area contributed by atoms with Crippen molar-refractivity contribution in [2.45, 2.75) is 31.0 Å². The van der Waals surface area contributed by atoms with Crippen LogP contribution < -0.4 is 5.32 Å². The van der Waals surface area contributed by atoms with Crippen molar-refractivity contribution in [1.29, 1.82) is 0 Å². The van der Waals surface area contributed by atoms with Crippen LogP contribution in [0.4, 0.5) is 0 Å². The summed E-state index contributed by atoms with van der Waals surface area (Å²) in [6, 6.07) is 7.24. The highest BCUT2D eigenvalue weighted by Gasteiger charge is 2.45. The zero-order valence-corrected chi connectivity index (χ0v) is 18.2. The van der Waals surface area contributed by atoms with Crippen LogP contribution in [0.2, 0.25) is 0 Å². The summed E-state index contributed by atoms with van der Waals surface area (Å²) in [6.45, 7) is -0.621. The quantitative estimate of drug-likeness (QED) is 0.275. The number of hydrogen-bond donors (Lipinski definition) is 5. The number of aliphatic hydroxyl groups excluding tert-OH is 2. The summed E-state index contributed by atoms with van der Waals surface area (Å²) in [5, 5.41) is 23.3. The van der Waals surface area contributed by atoms with E-state index >= 15 is 0 Å². The summed E-state index contributed by atoms with van der Waals surface area (Å²) >= 11 is 0. The molecule has 1 saturated heterocycles. The Hall–Kier alpha value is -2.77. The third-order valence-corrected chi connectivity index (χ3v) is 5.71. The van der Waals surface area contributed by atoms with E-state index in [0.29, 0.717) is 22.4 Å². The molecule has 5 N–H and O–H groups in total. The van der Waals surface area contributed by atoms with E-state index in [1.807, 2.05) is 18.2 Å². The number of nitrogens with one attached hydrogen (secondary N) is 1. The molecule has 176 valence electrons. The molecule has 4 rings (SSSR count). The van der Waals surface area contributed by atoms with Crippen LogP contribution in [0.25, 0.3) is 22.4 Å². The van der Waals surface area contributed by atoms with Gasteiger partial charge in [0, 0.05) is 12.6 Å². The zero-order valence-electron chi connectivity index (χ0n) is 17.3. The van der Waals surface area contributed by atoms with Crippen LogP contribution >= 0.6 is 7.82 Å². The van der Waals surface area contributed by atoms with Crippen molar-refractivity contribution in [2.75, 3.05) is 13.7 Å². The molecule has 1 amide bonds. The van der Waals surface area contributed by atoms with Crippen LogP contribution in [0.5, 0.6) is 0 Å². The number of ether oxygens (including phenoxy) is 1. The van der Waals surface area contributed by atoms with Gasteiger partial charge in [0.05, 0.1) is 19.4 Å². The van der Waals surface area contributed by atoms with Gasteiger partial charge in [-0.2, -0.15) is 0 Å². The first-order valence-electron chi connectivity index (χ1n) is 9.87. The van der Waals surface area contributed by atoms with Crippen LogP contribution in [0.3, 0.4) is 0 Å². The van der Waals surface area contributed by atoms with E-state index in [0.717, 1.165) is 5.56 Å². The van der Waals surface area contributed by atoms with Gasteiger partial charge in [0.25, 0.3) is 0 Å². The number of benzene rings is 1. The third-order valence-electron chi connectivity index (χ3n) is 5.22. The monoisotopic (exact) mass is 479 g/mol. The van der Waals surface area contributed by atoms with Crippen molar-refractivity contribution in [3.05, 3.63) is 42.5 Å². The highest BCUT2D eigenvalue weighted by molar-refractivity contribution is 7.46. The number of carbonyl (C=O) groups excluding carboxylic acids is 1. The standard InChI is InChI=1S/C19H22N5O8P/c1-20-13(25)6-10-3-2-4-11(5-10)14-15-18(22-8-21-14)24(9-23-15)19-17(27)16(26)12(32-19)7-31-33(28,29)30/h2-5,8-9,12,16-17,19,26-27H,6-7H2,1H3,(H,20,25)(H2,28,29,30)/t12-,16-,17-,19-/m1/s1. The van der Waals surface area contributed by atoms with Crippen molar-refractivity contribution in [3.63, 3.8) is 0 Å². The third kappa shape index (κ3) is 4.94. The van der Waals surface area contributed by atoms with Gasteiger partial charge < -0.3 is 30.1 Å². The molecule has 1 aliphatic rings. The molecule has 0 aliphatic carbocycles. The molecule has 1 aliphatic heterocycles. The first kappa shape index (κ1) is 23.4. The van der Waals surface area contributed by atoms with Crippen molar-refractivity contribution in [2.24, 2.45) is 0 Å². The Balaban J connectivity index is 1.64. The first-order chi connectivity index (χ1) is 15.7. The van der Waals surface area contributed by atoms with Crippen LogP contribution in [0, 0.1) is 0 Å². The van der Waals surface area contributed by atoms with Gasteiger partial charge in [-0.25, -0.2) is 19.5 Å². The minimum absolute atomic E-state index is 0.132. The predicted octanol–water partition coefficient (Wildman–Crippen LogP) is -0.490. The van der Waals surface area contributed by atoms with Gasteiger partial charge in [0.15, 0.2) is 11.9 Å². The number of hydrogen-bond acceptors (Lipinski definition) is 9. The number of aromatic nitrogens is 4. The number of carbonyl (C=O) groups is 1. The fraction of sp³-hybridized carbons (Fsp3) is 0.368. The van der Waals surface area contributed by atoms with Crippen LogP contribution in [0.15, 0.2) is 36.9 Å². The number of likely N-dealkylation sites (N-methyl/N-ethyl adjacent to an activating group) is 1. The minimum atomic E-state index is -4.78. The lowest BCUT2D eigenvalue weighted by atomic mass is 10.0. The molecular formula is C19H22N5O8P. The number of aliphatic hydroxyl groups is 2. The molecule has 3 heterocycles. The second-order valence-corrected chi connectivity index (χ2v) is 8.67. The zero-order chi connectivity index (χ0) is 23.8. The molecular weight excluding hydrogens is 457 g/mol. The molecule has 1 fully saturated rings. The number of nitrogens with zero attached hydrogens (tertiary/aromatic N) is 4. The summed E-state index contributed by atoms with van der Waals surface area (Å²) in [6.07, 6.45) is -2.32. The Morgan fingerprint density at radius 1 is 1.24 bits per heavy atom. The van der Waals surface area contributed by atoms with Crippen LogP contribution in [-0.2, 0) is 25.0 Å². The smallest absolute Gasteiger partial charge is 0.387 e. The highest BCUT2D eigenvalue weighted by atomic mass is 31.2. The maximum Gasteiger partial charge on any atom is 0.469 e. The molecule has 33 heavy (non-hydrogen) atoms. The highest BCUT2D eigenvalue weighted by Crippen LogP contribution is 2.39. The van der Waals surface area contributed by atoms with E-state index in [4.69, 9.17) is 14.5 Å². The van der Waals surface area contributed by atoms with E-state index in [9.17, 15) is 19.6 Å². The van der Waals surface area contributed by atoms with Gasteiger partial charge in [-0.15, -0.1) is 0 Å². The topological polar surface area (TPSA) is 189 Å².